The number of piperidine rings is 1. The molecule has 78 valence electrons. The van der Waals surface area contributed by atoms with Crippen LogP contribution in [-0.2, 0) is 9.84 Å². The second-order valence-corrected chi connectivity index (χ2v) is 6.68. The zero-order valence-corrected chi connectivity index (χ0v) is 10.3. The fraction of sp³-hybridized carbons (Fsp3) is 1.00. The van der Waals surface area contributed by atoms with E-state index < -0.39 is 9.84 Å². The Labute approximate surface area is 88.5 Å². The van der Waals surface area contributed by atoms with Crippen molar-refractivity contribution in [2.24, 2.45) is 0 Å². The molecule has 0 N–H and O–H groups in total. The number of halogens is 1. The van der Waals surface area contributed by atoms with Gasteiger partial charge in [0.2, 0.25) is 0 Å². The maximum absolute atomic E-state index is 11.2. The largest absolute Gasteiger partial charge is 0.302 e. The zero-order chi connectivity index (χ0) is 9.90. The van der Waals surface area contributed by atoms with Gasteiger partial charge < -0.3 is 4.90 Å². The standard InChI is InChI=1S/C8H16BrNO2S/c1-13(11,12)8-2-5-10(6-3-8)7-4-9/h8H,2-7H2,1H3. The molecule has 0 amide bonds. The molecule has 0 aromatic carbocycles. The van der Waals surface area contributed by atoms with Gasteiger partial charge in [0.05, 0.1) is 5.25 Å². The monoisotopic (exact) mass is 269 g/mol. The Balaban J connectivity index is 2.39. The average Bonchev–Trinajstić information content (AvgIpc) is 2.04. The van der Waals surface area contributed by atoms with Gasteiger partial charge in [-0.2, -0.15) is 0 Å². The van der Waals surface area contributed by atoms with E-state index in [2.05, 4.69) is 20.8 Å². The van der Waals surface area contributed by atoms with Crippen molar-refractivity contribution < 1.29 is 8.42 Å². The molecule has 0 radical (unpaired) electrons. The Kier molecular flexibility index (Phi) is 4.19. The molecule has 0 saturated carbocycles. The summed E-state index contributed by atoms with van der Waals surface area (Å²) < 4.78 is 22.4. The lowest BCUT2D eigenvalue weighted by Crippen LogP contribution is -2.39. The number of hydrogen-bond donors (Lipinski definition) is 0. The van der Waals surface area contributed by atoms with Crippen molar-refractivity contribution in [2.45, 2.75) is 18.1 Å². The van der Waals surface area contributed by atoms with E-state index in [0.29, 0.717) is 0 Å². The predicted octanol–water partition coefficient (Wildman–Crippen LogP) is 0.890. The van der Waals surface area contributed by atoms with E-state index in [1.54, 1.807) is 0 Å². The van der Waals surface area contributed by atoms with Crippen LogP contribution in [0.25, 0.3) is 0 Å². The van der Waals surface area contributed by atoms with Crippen LogP contribution in [0.1, 0.15) is 12.8 Å². The van der Waals surface area contributed by atoms with E-state index >= 15 is 0 Å². The molecule has 0 aromatic rings. The minimum absolute atomic E-state index is 0.0981. The number of hydrogen-bond acceptors (Lipinski definition) is 3. The molecule has 0 aromatic heterocycles. The molecule has 1 aliphatic heterocycles. The third-order valence-corrected chi connectivity index (χ3v) is 4.58. The van der Waals surface area contributed by atoms with Crippen molar-refractivity contribution in [3.8, 4) is 0 Å². The molecule has 0 atom stereocenters. The van der Waals surface area contributed by atoms with Gasteiger partial charge in [-0.05, 0) is 25.9 Å². The first-order valence-corrected chi connectivity index (χ1v) is 7.59. The van der Waals surface area contributed by atoms with E-state index in [1.807, 2.05) is 0 Å². The molecule has 1 saturated heterocycles. The van der Waals surface area contributed by atoms with Crippen molar-refractivity contribution in [1.29, 1.82) is 0 Å². The maximum atomic E-state index is 11.2. The van der Waals surface area contributed by atoms with Crippen LogP contribution in [0.4, 0.5) is 0 Å². The number of sulfone groups is 1. The molecular formula is C8H16BrNO2S. The molecule has 13 heavy (non-hydrogen) atoms. The zero-order valence-electron chi connectivity index (χ0n) is 7.87. The lowest BCUT2D eigenvalue weighted by atomic mass is 10.1. The maximum Gasteiger partial charge on any atom is 0.150 e. The molecule has 1 fully saturated rings. The number of nitrogens with zero attached hydrogens (tertiary/aromatic N) is 1. The lowest BCUT2D eigenvalue weighted by Gasteiger charge is -2.30. The van der Waals surface area contributed by atoms with Crippen molar-refractivity contribution in [2.75, 3.05) is 31.2 Å². The number of alkyl halides is 1. The normalized spacial score (nSPS) is 22.0. The predicted molar refractivity (Wildman–Crippen MR) is 58.1 cm³/mol. The summed E-state index contributed by atoms with van der Waals surface area (Å²) in [7, 11) is -2.80. The molecule has 0 unspecified atom stereocenters. The first-order valence-electron chi connectivity index (χ1n) is 4.51. The van der Waals surface area contributed by atoms with Gasteiger partial charge in [-0.25, -0.2) is 8.42 Å². The minimum atomic E-state index is -2.80. The summed E-state index contributed by atoms with van der Waals surface area (Å²) in [6.45, 7) is 2.86. The second kappa shape index (κ2) is 4.75. The quantitative estimate of drug-likeness (QED) is 0.715. The molecule has 0 bridgehead atoms. The average molecular weight is 270 g/mol. The summed E-state index contributed by atoms with van der Waals surface area (Å²) in [5, 5.41) is 0.871. The SMILES string of the molecule is CS(=O)(=O)C1CCN(CCBr)CC1. The van der Waals surface area contributed by atoms with E-state index in [4.69, 9.17) is 0 Å². The molecular weight excluding hydrogens is 254 g/mol. The van der Waals surface area contributed by atoms with E-state index in [9.17, 15) is 8.42 Å². The first-order chi connectivity index (χ1) is 6.04. The summed E-state index contributed by atoms with van der Waals surface area (Å²) in [5.74, 6) is 0. The molecule has 3 nitrogen and oxygen atoms in total. The third kappa shape index (κ3) is 3.56. The summed E-state index contributed by atoms with van der Waals surface area (Å²) in [6.07, 6.45) is 2.94. The van der Waals surface area contributed by atoms with Gasteiger partial charge in [-0.15, -0.1) is 0 Å². The van der Waals surface area contributed by atoms with Crippen molar-refractivity contribution >= 4 is 25.8 Å². The highest BCUT2D eigenvalue weighted by molar-refractivity contribution is 9.09. The summed E-state index contributed by atoms with van der Waals surface area (Å²) >= 11 is 3.38. The smallest absolute Gasteiger partial charge is 0.150 e. The van der Waals surface area contributed by atoms with Gasteiger partial charge in [-0.1, -0.05) is 15.9 Å². The fourth-order valence-electron chi connectivity index (χ4n) is 1.68. The summed E-state index contributed by atoms with van der Waals surface area (Å²) in [4.78, 5) is 2.30. The van der Waals surface area contributed by atoms with Crippen LogP contribution in [0.15, 0.2) is 0 Å². The van der Waals surface area contributed by atoms with Gasteiger partial charge in [0.1, 0.15) is 9.84 Å². The molecule has 5 heteroatoms. The van der Waals surface area contributed by atoms with Gasteiger partial charge in [0.25, 0.3) is 0 Å². The van der Waals surface area contributed by atoms with Gasteiger partial charge >= 0.3 is 0 Å². The number of likely N-dealkylation sites (tertiary alicyclic amines) is 1. The van der Waals surface area contributed by atoms with Crippen LogP contribution in [0.2, 0.25) is 0 Å². The van der Waals surface area contributed by atoms with E-state index in [1.165, 1.54) is 6.26 Å². The molecule has 1 rings (SSSR count). The van der Waals surface area contributed by atoms with E-state index in [0.717, 1.165) is 37.8 Å². The summed E-state index contributed by atoms with van der Waals surface area (Å²) in [6, 6.07) is 0. The molecule has 1 aliphatic rings. The second-order valence-electron chi connectivity index (χ2n) is 3.56. The van der Waals surface area contributed by atoms with Gasteiger partial charge in [0.15, 0.2) is 0 Å². The van der Waals surface area contributed by atoms with E-state index in [-0.39, 0.29) is 5.25 Å². The Morgan fingerprint density at radius 2 is 1.92 bits per heavy atom. The Bertz CT molecular complexity index is 245. The van der Waals surface area contributed by atoms with Gasteiger partial charge in [0, 0.05) is 18.1 Å². The lowest BCUT2D eigenvalue weighted by molar-refractivity contribution is 0.244. The van der Waals surface area contributed by atoms with Crippen LogP contribution in [-0.4, -0.2) is 49.8 Å². The summed E-state index contributed by atoms with van der Waals surface area (Å²) in [5.41, 5.74) is 0. The van der Waals surface area contributed by atoms with Crippen LogP contribution in [0.5, 0.6) is 0 Å². The van der Waals surface area contributed by atoms with Gasteiger partial charge in [-0.3, -0.25) is 0 Å². The Hall–Kier alpha value is 0.390. The Morgan fingerprint density at radius 3 is 2.31 bits per heavy atom. The minimum Gasteiger partial charge on any atom is -0.302 e. The highest BCUT2D eigenvalue weighted by Gasteiger charge is 2.25. The number of rotatable bonds is 3. The van der Waals surface area contributed by atoms with Crippen LogP contribution >= 0.6 is 15.9 Å². The van der Waals surface area contributed by atoms with Crippen LogP contribution in [0, 0.1) is 0 Å². The molecule has 0 aliphatic carbocycles. The first kappa shape index (κ1) is 11.5. The molecule has 1 heterocycles. The molecule has 0 spiro atoms. The highest BCUT2D eigenvalue weighted by atomic mass is 79.9. The van der Waals surface area contributed by atoms with Crippen LogP contribution < -0.4 is 0 Å². The highest BCUT2D eigenvalue weighted by Crippen LogP contribution is 2.16. The van der Waals surface area contributed by atoms with Crippen molar-refractivity contribution in [1.82, 2.24) is 4.90 Å². The van der Waals surface area contributed by atoms with Crippen molar-refractivity contribution in [3.05, 3.63) is 0 Å². The fourth-order valence-corrected chi connectivity index (χ4v) is 3.25. The van der Waals surface area contributed by atoms with Crippen molar-refractivity contribution in [3.63, 3.8) is 0 Å². The Morgan fingerprint density at radius 1 is 1.38 bits per heavy atom. The third-order valence-electron chi connectivity index (χ3n) is 2.54. The topological polar surface area (TPSA) is 37.4 Å². The van der Waals surface area contributed by atoms with Crippen LogP contribution in [0.3, 0.4) is 0 Å².